The largest absolute Gasteiger partial charge is 0.308 e. The highest BCUT2D eigenvalue weighted by molar-refractivity contribution is 9.10. The molecule has 2 rings (SSSR count). The van der Waals surface area contributed by atoms with Gasteiger partial charge in [-0.2, -0.15) is 0 Å². The van der Waals surface area contributed by atoms with E-state index in [2.05, 4.69) is 38.8 Å². The summed E-state index contributed by atoms with van der Waals surface area (Å²) in [5.41, 5.74) is 1.22. The minimum atomic E-state index is 0.758. The zero-order valence-electron chi connectivity index (χ0n) is 8.54. The zero-order chi connectivity index (χ0) is 11.4. The molecule has 0 aliphatic carbocycles. The second-order valence-corrected chi connectivity index (χ2v) is 5.74. The number of thiophene rings is 1. The van der Waals surface area contributed by atoms with Gasteiger partial charge in [-0.3, -0.25) is 0 Å². The number of nitrogens with one attached hydrogen (secondary N) is 1. The first-order chi connectivity index (χ1) is 7.75. The van der Waals surface area contributed by atoms with Crippen molar-refractivity contribution < 1.29 is 0 Å². The molecule has 0 aliphatic heterocycles. The number of hydrogen-bond acceptors (Lipinski definition) is 2. The third kappa shape index (κ3) is 3.32. The molecule has 0 unspecified atom stereocenters. The summed E-state index contributed by atoms with van der Waals surface area (Å²) >= 11 is 11.2. The van der Waals surface area contributed by atoms with E-state index in [9.17, 15) is 0 Å². The lowest BCUT2D eigenvalue weighted by Gasteiger charge is -2.06. The first-order valence-corrected chi connectivity index (χ1v) is 6.98. The van der Waals surface area contributed by atoms with Gasteiger partial charge in [0, 0.05) is 27.5 Å². The molecular formula is C12H11BrClNS. The summed E-state index contributed by atoms with van der Waals surface area (Å²) in [6.45, 7) is 1.75. The van der Waals surface area contributed by atoms with Gasteiger partial charge in [0.1, 0.15) is 0 Å². The molecular weight excluding hydrogens is 306 g/mol. The van der Waals surface area contributed by atoms with Gasteiger partial charge in [0.05, 0.1) is 0 Å². The van der Waals surface area contributed by atoms with Crippen LogP contribution in [-0.4, -0.2) is 0 Å². The van der Waals surface area contributed by atoms with Gasteiger partial charge in [0.25, 0.3) is 0 Å². The highest BCUT2D eigenvalue weighted by atomic mass is 79.9. The fraction of sp³-hybridized carbons (Fsp3) is 0.167. The highest BCUT2D eigenvalue weighted by Gasteiger charge is 2.00. The highest BCUT2D eigenvalue weighted by Crippen LogP contribution is 2.21. The molecule has 0 atom stereocenters. The second-order valence-electron chi connectivity index (χ2n) is 3.42. The Morgan fingerprint density at radius 2 is 2.12 bits per heavy atom. The summed E-state index contributed by atoms with van der Waals surface area (Å²) in [5, 5.41) is 6.25. The number of hydrogen-bond donors (Lipinski definition) is 1. The molecule has 0 bridgehead atoms. The SMILES string of the molecule is Clc1ccc(CNCc2cccs2)c(Br)c1. The molecule has 0 aliphatic rings. The average molecular weight is 317 g/mol. The van der Waals surface area contributed by atoms with Crippen LogP contribution >= 0.6 is 38.9 Å². The van der Waals surface area contributed by atoms with Crippen LogP contribution in [0.1, 0.15) is 10.4 Å². The third-order valence-electron chi connectivity index (χ3n) is 2.21. The predicted molar refractivity (Wildman–Crippen MR) is 74.0 cm³/mol. The minimum Gasteiger partial charge on any atom is -0.308 e. The van der Waals surface area contributed by atoms with E-state index >= 15 is 0 Å². The molecule has 1 heterocycles. The third-order valence-corrected chi connectivity index (χ3v) is 4.06. The fourth-order valence-corrected chi connectivity index (χ4v) is 2.90. The molecule has 1 aromatic carbocycles. The van der Waals surface area contributed by atoms with Crippen molar-refractivity contribution in [3.05, 3.63) is 55.6 Å². The van der Waals surface area contributed by atoms with Crippen molar-refractivity contribution in [2.45, 2.75) is 13.1 Å². The monoisotopic (exact) mass is 315 g/mol. The topological polar surface area (TPSA) is 12.0 Å². The van der Waals surface area contributed by atoms with E-state index in [4.69, 9.17) is 11.6 Å². The summed E-state index contributed by atoms with van der Waals surface area (Å²) in [6, 6.07) is 10.1. The lowest BCUT2D eigenvalue weighted by Crippen LogP contribution is -2.12. The lowest BCUT2D eigenvalue weighted by atomic mass is 10.2. The van der Waals surface area contributed by atoms with Crippen LogP contribution in [-0.2, 0) is 13.1 Å². The number of benzene rings is 1. The van der Waals surface area contributed by atoms with Crippen molar-refractivity contribution >= 4 is 38.9 Å². The summed E-state index contributed by atoms with van der Waals surface area (Å²) < 4.78 is 1.05. The summed E-state index contributed by atoms with van der Waals surface area (Å²) in [7, 11) is 0. The Bertz CT molecular complexity index is 456. The zero-order valence-corrected chi connectivity index (χ0v) is 11.7. The van der Waals surface area contributed by atoms with Gasteiger partial charge in [-0.15, -0.1) is 11.3 Å². The lowest BCUT2D eigenvalue weighted by molar-refractivity contribution is 0.699. The van der Waals surface area contributed by atoms with Gasteiger partial charge in [-0.1, -0.05) is 39.7 Å². The van der Waals surface area contributed by atoms with Crippen LogP contribution in [0.5, 0.6) is 0 Å². The Morgan fingerprint density at radius 3 is 2.81 bits per heavy atom. The molecule has 2 aromatic rings. The van der Waals surface area contributed by atoms with E-state index in [0.717, 1.165) is 22.6 Å². The van der Waals surface area contributed by atoms with Crippen LogP contribution in [0.3, 0.4) is 0 Å². The molecule has 0 spiro atoms. The number of rotatable bonds is 4. The molecule has 0 amide bonds. The normalized spacial score (nSPS) is 10.6. The van der Waals surface area contributed by atoms with E-state index in [1.54, 1.807) is 11.3 Å². The van der Waals surface area contributed by atoms with Crippen LogP contribution in [0.15, 0.2) is 40.2 Å². The molecule has 0 radical (unpaired) electrons. The molecule has 1 N–H and O–H groups in total. The average Bonchev–Trinajstić information content (AvgIpc) is 2.74. The molecule has 16 heavy (non-hydrogen) atoms. The van der Waals surface area contributed by atoms with Gasteiger partial charge in [0.15, 0.2) is 0 Å². The molecule has 4 heteroatoms. The van der Waals surface area contributed by atoms with Crippen LogP contribution in [0.2, 0.25) is 5.02 Å². The maximum atomic E-state index is 5.88. The molecule has 0 saturated carbocycles. The van der Waals surface area contributed by atoms with E-state index < -0.39 is 0 Å². The molecule has 1 aromatic heterocycles. The second kappa shape index (κ2) is 5.82. The van der Waals surface area contributed by atoms with Crippen molar-refractivity contribution in [2.75, 3.05) is 0 Å². The Morgan fingerprint density at radius 1 is 1.25 bits per heavy atom. The summed E-state index contributed by atoms with van der Waals surface area (Å²) in [5.74, 6) is 0. The Hall–Kier alpha value is -0.350. The Balaban J connectivity index is 1.90. The van der Waals surface area contributed by atoms with E-state index in [-0.39, 0.29) is 0 Å². The summed E-state index contributed by atoms with van der Waals surface area (Å²) in [6.07, 6.45) is 0. The van der Waals surface area contributed by atoms with Crippen molar-refractivity contribution in [1.29, 1.82) is 0 Å². The molecule has 0 saturated heterocycles. The maximum absolute atomic E-state index is 5.88. The fourth-order valence-electron chi connectivity index (χ4n) is 1.40. The van der Waals surface area contributed by atoms with Gasteiger partial charge in [-0.05, 0) is 29.1 Å². The molecule has 84 valence electrons. The quantitative estimate of drug-likeness (QED) is 0.878. The van der Waals surface area contributed by atoms with Gasteiger partial charge in [0.2, 0.25) is 0 Å². The van der Waals surface area contributed by atoms with E-state index in [0.29, 0.717) is 0 Å². The van der Waals surface area contributed by atoms with Crippen molar-refractivity contribution in [1.82, 2.24) is 5.32 Å². The van der Waals surface area contributed by atoms with Crippen molar-refractivity contribution in [2.24, 2.45) is 0 Å². The minimum absolute atomic E-state index is 0.758. The molecule has 1 nitrogen and oxygen atoms in total. The Kier molecular flexibility index (Phi) is 4.41. The standard InChI is InChI=1S/C12H11BrClNS/c13-12-6-10(14)4-3-9(12)7-15-8-11-2-1-5-16-11/h1-6,15H,7-8H2. The smallest absolute Gasteiger partial charge is 0.0417 e. The van der Waals surface area contributed by atoms with E-state index in [1.807, 2.05) is 18.2 Å². The first-order valence-electron chi connectivity index (χ1n) is 4.93. The van der Waals surface area contributed by atoms with Crippen LogP contribution in [0.25, 0.3) is 0 Å². The van der Waals surface area contributed by atoms with Gasteiger partial charge < -0.3 is 5.32 Å². The first kappa shape index (κ1) is 12.1. The predicted octanol–water partition coefficient (Wildman–Crippen LogP) is 4.45. The van der Waals surface area contributed by atoms with Crippen LogP contribution in [0, 0.1) is 0 Å². The van der Waals surface area contributed by atoms with Crippen molar-refractivity contribution in [3.63, 3.8) is 0 Å². The molecule has 0 fully saturated rings. The summed E-state index contributed by atoms with van der Waals surface area (Å²) in [4.78, 5) is 1.35. The van der Waals surface area contributed by atoms with Gasteiger partial charge >= 0.3 is 0 Å². The Labute approximate surface area is 113 Å². The maximum Gasteiger partial charge on any atom is 0.0417 e. The number of halogens is 2. The van der Waals surface area contributed by atoms with Crippen LogP contribution < -0.4 is 5.32 Å². The van der Waals surface area contributed by atoms with Crippen molar-refractivity contribution in [3.8, 4) is 0 Å². The van der Waals surface area contributed by atoms with E-state index in [1.165, 1.54) is 10.4 Å². The van der Waals surface area contributed by atoms with Gasteiger partial charge in [-0.25, -0.2) is 0 Å². The van der Waals surface area contributed by atoms with Crippen LogP contribution in [0.4, 0.5) is 0 Å².